The molecule has 4 heterocycles. The summed E-state index contributed by atoms with van der Waals surface area (Å²) in [5.74, 6) is -0.516. The maximum absolute atomic E-state index is 11.9. The molecule has 1 aliphatic rings. The number of anilines is 1. The van der Waals surface area contributed by atoms with Crippen molar-refractivity contribution < 1.29 is 8.42 Å². The van der Waals surface area contributed by atoms with Gasteiger partial charge in [-0.05, 0) is 25.0 Å². The van der Waals surface area contributed by atoms with Gasteiger partial charge in [-0.3, -0.25) is 0 Å². The van der Waals surface area contributed by atoms with E-state index in [-0.39, 0.29) is 6.04 Å². The van der Waals surface area contributed by atoms with Crippen LogP contribution in [-0.4, -0.2) is 48.3 Å². The third kappa shape index (κ3) is 3.09. The van der Waals surface area contributed by atoms with Gasteiger partial charge in [-0.25, -0.2) is 23.1 Å². The minimum absolute atomic E-state index is 0.212. The molecule has 0 amide bonds. The molecule has 0 spiro atoms. The number of hydrogen-bond acceptors (Lipinski definition) is 6. The lowest BCUT2D eigenvalue weighted by Gasteiger charge is -2.35. The van der Waals surface area contributed by atoms with E-state index in [0.717, 1.165) is 41.4 Å². The van der Waals surface area contributed by atoms with E-state index in [1.807, 2.05) is 18.3 Å². The molecule has 4 rings (SSSR count). The van der Waals surface area contributed by atoms with Gasteiger partial charge >= 0.3 is 0 Å². The normalized spacial score (nSPS) is 18.3. The quantitative estimate of drug-likeness (QED) is 0.720. The van der Waals surface area contributed by atoms with Gasteiger partial charge in [0.1, 0.15) is 0 Å². The van der Waals surface area contributed by atoms with Gasteiger partial charge in [0, 0.05) is 48.0 Å². The minimum Gasteiger partial charge on any atom is -0.369 e. The zero-order valence-corrected chi connectivity index (χ0v) is 14.8. The van der Waals surface area contributed by atoms with Crippen molar-refractivity contribution in [3.8, 4) is 6.07 Å². The van der Waals surface area contributed by atoms with Crippen LogP contribution in [0.15, 0.2) is 30.7 Å². The standard InChI is InChI=1S/C17H18N6O2S/c18-5-9-26(24,25)22-12-2-1-8-23(11-12)15-4-7-19-14-10-21-17-13(16(14)15)3-6-20-17/h3-4,6-7,10,12,19,22H,1-2,8-9,11H2. The molecule has 0 bridgehead atoms. The van der Waals surface area contributed by atoms with E-state index in [2.05, 4.69) is 24.6 Å². The van der Waals surface area contributed by atoms with E-state index in [9.17, 15) is 8.42 Å². The molecule has 134 valence electrons. The lowest BCUT2D eigenvalue weighted by atomic mass is 10.0. The Morgan fingerprint density at radius 3 is 3.12 bits per heavy atom. The van der Waals surface area contributed by atoms with E-state index < -0.39 is 15.8 Å². The SMILES string of the molecule is N#CCS(=O)(=O)NC1CCCN(c2cc[nH]c3cnc4nccc4c23)C1. The van der Waals surface area contributed by atoms with E-state index in [0.29, 0.717) is 12.2 Å². The number of pyridine rings is 2. The first-order valence-corrected chi connectivity index (χ1v) is 10.1. The van der Waals surface area contributed by atoms with E-state index >= 15 is 0 Å². The van der Waals surface area contributed by atoms with Crippen molar-refractivity contribution in [1.82, 2.24) is 19.7 Å². The van der Waals surface area contributed by atoms with Gasteiger partial charge in [0.15, 0.2) is 11.4 Å². The van der Waals surface area contributed by atoms with Gasteiger partial charge < -0.3 is 9.88 Å². The lowest BCUT2D eigenvalue weighted by molar-refractivity contribution is 0.467. The van der Waals surface area contributed by atoms with Crippen LogP contribution in [0, 0.1) is 11.3 Å². The first-order valence-electron chi connectivity index (χ1n) is 8.40. The second-order valence-electron chi connectivity index (χ2n) is 6.41. The van der Waals surface area contributed by atoms with Crippen LogP contribution in [-0.2, 0) is 10.0 Å². The van der Waals surface area contributed by atoms with Crippen LogP contribution in [0.25, 0.3) is 21.9 Å². The zero-order valence-electron chi connectivity index (χ0n) is 14.0. The van der Waals surface area contributed by atoms with Gasteiger partial charge in [0.05, 0.1) is 17.8 Å². The summed E-state index contributed by atoms with van der Waals surface area (Å²) in [5.41, 5.74) is 2.64. The maximum atomic E-state index is 11.9. The molecule has 26 heavy (non-hydrogen) atoms. The van der Waals surface area contributed by atoms with E-state index in [4.69, 9.17) is 5.26 Å². The van der Waals surface area contributed by atoms with E-state index in [1.54, 1.807) is 18.5 Å². The van der Waals surface area contributed by atoms with Crippen LogP contribution in [0.2, 0.25) is 0 Å². The number of nitriles is 1. The predicted octanol–water partition coefficient (Wildman–Crippen LogP) is 1.52. The molecule has 0 aromatic carbocycles. The average Bonchev–Trinajstić information content (AvgIpc) is 3.10. The Morgan fingerprint density at radius 2 is 2.27 bits per heavy atom. The molecule has 8 nitrogen and oxygen atoms in total. The van der Waals surface area contributed by atoms with E-state index in [1.165, 1.54) is 0 Å². The van der Waals surface area contributed by atoms with Crippen LogP contribution in [0.1, 0.15) is 12.8 Å². The number of aromatic amines is 1. The molecule has 1 aliphatic heterocycles. The lowest BCUT2D eigenvalue weighted by Crippen LogP contribution is -2.48. The average molecular weight is 370 g/mol. The van der Waals surface area contributed by atoms with Crippen molar-refractivity contribution in [2.75, 3.05) is 23.7 Å². The minimum atomic E-state index is -3.57. The monoisotopic (exact) mass is 370 g/mol. The molecule has 1 fully saturated rings. The second-order valence-corrected chi connectivity index (χ2v) is 8.17. The highest BCUT2D eigenvalue weighted by molar-refractivity contribution is 7.89. The summed E-state index contributed by atoms with van der Waals surface area (Å²) in [5, 5.41) is 10.7. The van der Waals surface area contributed by atoms with Crippen LogP contribution in [0.3, 0.4) is 0 Å². The van der Waals surface area contributed by atoms with Crippen molar-refractivity contribution in [3.05, 3.63) is 30.7 Å². The highest BCUT2D eigenvalue weighted by atomic mass is 32.2. The first kappa shape index (κ1) is 16.8. The number of sulfonamides is 1. The fourth-order valence-corrected chi connectivity index (χ4v) is 4.53. The summed E-state index contributed by atoms with van der Waals surface area (Å²) in [6, 6.07) is 5.43. The first-order chi connectivity index (χ1) is 12.6. The maximum Gasteiger partial charge on any atom is 0.225 e. The molecule has 0 saturated carbocycles. The number of nitrogens with zero attached hydrogens (tertiary/aromatic N) is 4. The Bertz CT molecular complexity index is 1100. The van der Waals surface area contributed by atoms with Crippen LogP contribution in [0.5, 0.6) is 0 Å². The summed E-state index contributed by atoms with van der Waals surface area (Å²) in [6.45, 7) is 1.40. The molecule has 1 atom stereocenters. The summed E-state index contributed by atoms with van der Waals surface area (Å²) >= 11 is 0. The van der Waals surface area contributed by atoms with Crippen LogP contribution < -0.4 is 9.62 Å². The van der Waals surface area contributed by atoms with Crippen LogP contribution >= 0.6 is 0 Å². The van der Waals surface area contributed by atoms with Crippen molar-refractivity contribution in [3.63, 3.8) is 0 Å². The molecule has 9 heteroatoms. The molecular weight excluding hydrogens is 352 g/mol. The molecule has 1 unspecified atom stereocenters. The highest BCUT2D eigenvalue weighted by Gasteiger charge is 2.25. The summed E-state index contributed by atoms with van der Waals surface area (Å²) in [4.78, 5) is 14.0. The molecule has 3 aromatic heterocycles. The third-order valence-corrected chi connectivity index (χ3v) is 5.83. The number of H-pyrrole nitrogens is 1. The Kier molecular flexibility index (Phi) is 4.22. The van der Waals surface area contributed by atoms with Gasteiger partial charge in [-0.15, -0.1) is 0 Å². The largest absolute Gasteiger partial charge is 0.369 e. The number of hydrogen-bond donors (Lipinski definition) is 2. The number of aromatic nitrogens is 3. The van der Waals surface area contributed by atoms with Gasteiger partial charge in [-0.1, -0.05) is 0 Å². The number of nitrogens with one attached hydrogen (secondary N) is 2. The summed E-state index contributed by atoms with van der Waals surface area (Å²) in [6.07, 6.45) is 7.00. The van der Waals surface area contributed by atoms with Crippen molar-refractivity contribution in [1.29, 1.82) is 5.26 Å². The summed E-state index contributed by atoms with van der Waals surface area (Å²) in [7, 11) is -3.57. The zero-order chi connectivity index (χ0) is 18.1. The highest BCUT2D eigenvalue weighted by Crippen LogP contribution is 2.32. The van der Waals surface area contributed by atoms with Crippen molar-refractivity contribution >= 4 is 37.6 Å². The topological polar surface area (TPSA) is 115 Å². The fraction of sp³-hybridized carbons (Fsp3) is 0.353. The van der Waals surface area contributed by atoms with Gasteiger partial charge in [-0.2, -0.15) is 5.26 Å². The predicted molar refractivity (Wildman–Crippen MR) is 99.2 cm³/mol. The molecule has 0 aliphatic carbocycles. The second kappa shape index (κ2) is 6.55. The Balaban J connectivity index is 1.69. The molecular formula is C17H18N6O2S. The van der Waals surface area contributed by atoms with Gasteiger partial charge in [0.2, 0.25) is 10.0 Å². The molecule has 3 aromatic rings. The Morgan fingerprint density at radius 1 is 1.38 bits per heavy atom. The van der Waals surface area contributed by atoms with Crippen molar-refractivity contribution in [2.45, 2.75) is 18.9 Å². The Labute approximate surface area is 150 Å². The number of rotatable bonds is 4. The Hall–Kier alpha value is -2.70. The third-order valence-electron chi connectivity index (χ3n) is 4.63. The van der Waals surface area contributed by atoms with Gasteiger partial charge in [0.25, 0.3) is 0 Å². The van der Waals surface area contributed by atoms with Crippen molar-refractivity contribution in [2.24, 2.45) is 0 Å². The molecule has 0 radical (unpaired) electrons. The smallest absolute Gasteiger partial charge is 0.225 e. The number of piperidine rings is 1. The van der Waals surface area contributed by atoms with Crippen LogP contribution in [0.4, 0.5) is 5.69 Å². The molecule has 2 N–H and O–H groups in total. The number of fused-ring (bicyclic) bond motifs is 3. The fourth-order valence-electron chi connectivity index (χ4n) is 3.58. The molecule has 1 saturated heterocycles. The summed E-state index contributed by atoms with van der Waals surface area (Å²) < 4.78 is 26.5.